The molecule has 0 aliphatic rings. The molecule has 2 rings (SSSR count). The maximum absolute atomic E-state index is 12.0. The van der Waals surface area contributed by atoms with Crippen molar-refractivity contribution in [2.24, 2.45) is 0 Å². The van der Waals surface area contributed by atoms with Crippen LogP contribution in [0.15, 0.2) is 41.1 Å². The molecule has 0 amide bonds. The zero-order valence-electron chi connectivity index (χ0n) is 10.3. The minimum Gasteiger partial charge on any atom is -0.335 e. The number of imidazole rings is 1. The Kier molecular flexibility index (Phi) is 4.31. The van der Waals surface area contributed by atoms with Crippen molar-refractivity contribution in [1.29, 1.82) is 0 Å². The largest absolute Gasteiger partial charge is 0.335 e. The zero-order chi connectivity index (χ0) is 13.0. The van der Waals surface area contributed by atoms with Gasteiger partial charge in [-0.25, -0.2) is 4.98 Å². The Balaban J connectivity index is 2.01. The maximum atomic E-state index is 12.0. The molecule has 0 aliphatic heterocycles. The molecule has 2 aromatic rings. The van der Waals surface area contributed by atoms with Gasteiger partial charge >= 0.3 is 0 Å². The summed E-state index contributed by atoms with van der Waals surface area (Å²) in [5.74, 6) is 1.03. The summed E-state index contributed by atoms with van der Waals surface area (Å²) in [4.78, 5) is 16.2. The Morgan fingerprint density at radius 3 is 2.94 bits per heavy atom. The first-order valence-electron chi connectivity index (χ1n) is 5.95. The number of carbonyl (C=O) groups is 1. The van der Waals surface area contributed by atoms with Crippen LogP contribution in [-0.2, 0) is 24.2 Å². The van der Waals surface area contributed by atoms with Gasteiger partial charge in [0.15, 0.2) is 0 Å². The van der Waals surface area contributed by atoms with Crippen molar-refractivity contribution in [2.75, 3.05) is 0 Å². The van der Waals surface area contributed by atoms with Gasteiger partial charge in [-0.05, 0) is 24.6 Å². The first-order valence-corrected chi connectivity index (χ1v) is 6.74. The summed E-state index contributed by atoms with van der Waals surface area (Å²) in [6.45, 7) is 2.89. The van der Waals surface area contributed by atoms with E-state index >= 15 is 0 Å². The number of carbonyl (C=O) groups excluding carboxylic acids is 1. The molecule has 1 heterocycles. The van der Waals surface area contributed by atoms with Crippen LogP contribution in [0.1, 0.15) is 18.3 Å². The van der Waals surface area contributed by atoms with Crippen molar-refractivity contribution in [1.82, 2.24) is 9.55 Å². The Labute approximate surface area is 115 Å². The van der Waals surface area contributed by atoms with Crippen LogP contribution >= 0.6 is 15.9 Å². The fourth-order valence-corrected chi connectivity index (χ4v) is 2.36. The normalized spacial score (nSPS) is 10.6. The molecular formula is C14H15BrN2O. The minimum atomic E-state index is 0.189. The van der Waals surface area contributed by atoms with Gasteiger partial charge in [0.2, 0.25) is 0 Å². The summed E-state index contributed by atoms with van der Waals surface area (Å²) in [5, 5.41) is 0. The molecule has 0 fully saturated rings. The number of Topliss-reactive ketones (excluding diaryl/α,β-unsaturated/α-hetero) is 1. The van der Waals surface area contributed by atoms with Gasteiger partial charge in [-0.15, -0.1) is 0 Å². The highest BCUT2D eigenvalue weighted by Gasteiger charge is 2.09. The number of nitrogens with zero attached hydrogens (tertiary/aromatic N) is 2. The van der Waals surface area contributed by atoms with Gasteiger partial charge in [-0.3, -0.25) is 4.79 Å². The standard InChI is InChI=1S/C14H15BrN2O/c1-2-17-7-6-16-14(17)10-13(18)9-11-4-3-5-12(15)8-11/h3-8H,2,9-10H2,1H3. The van der Waals surface area contributed by atoms with Crippen LogP contribution in [-0.4, -0.2) is 15.3 Å². The maximum Gasteiger partial charge on any atom is 0.144 e. The van der Waals surface area contributed by atoms with Gasteiger partial charge < -0.3 is 4.57 Å². The average Bonchev–Trinajstić information content (AvgIpc) is 2.76. The van der Waals surface area contributed by atoms with Gasteiger partial charge in [-0.1, -0.05) is 28.1 Å². The van der Waals surface area contributed by atoms with E-state index in [9.17, 15) is 4.79 Å². The van der Waals surface area contributed by atoms with Gasteiger partial charge in [0.1, 0.15) is 11.6 Å². The highest BCUT2D eigenvalue weighted by Crippen LogP contribution is 2.13. The second-order valence-corrected chi connectivity index (χ2v) is 5.07. The topological polar surface area (TPSA) is 34.9 Å². The van der Waals surface area contributed by atoms with Crippen molar-refractivity contribution in [3.8, 4) is 0 Å². The molecule has 0 bridgehead atoms. The summed E-state index contributed by atoms with van der Waals surface area (Å²) in [6, 6.07) is 7.84. The smallest absolute Gasteiger partial charge is 0.144 e. The molecule has 3 nitrogen and oxygen atoms in total. The molecule has 4 heteroatoms. The molecule has 94 valence electrons. The second kappa shape index (κ2) is 5.96. The average molecular weight is 307 g/mol. The molecule has 0 saturated heterocycles. The molecule has 0 aliphatic carbocycles. The van der Waals surface area contributed by atoms with Gasteiger partial charge in [-0.2, -0.15) is 0 Å². The van der Waals surface area contributed by atoms with E-state index in [4.69, 9.17) is 0 Å². The molecule has 0 spiro atoms. The molecular weight excluding hydrogens is 292 g/mol. The third-order valence-corrected chi connectivity index (χ3v) is 3.28. The zero-order valence-corrected chi connectivity index (χ0v) is 11.9. The predicted octanol–water partition coefficient (Wildman–Crippen LogP) is 3.02. The van der Waals surface area contributed by atoms with Crippen molar-refractivity contribution >= 4 is 21.7 Å². The molecule has 18 heavy (non-hydrogen) atoms. The summed E-state index contributed by atoms with van der Waals surface area (Å²) in [5.41, 5.74) is 1.03. The number of hydrogen-bond acceptors (Lipinski definition) is 2. The fourth-order valence-electron chi connectivity index (χ4n) is 1.91. The highest BCUT2D eigenvalue weighted by molar-refractivity contribution is 9.10. The van der Waals surface area contributed by atoms with Crippen LogP contribution in [0.5, 0.6) is 0 Å². The molecule has 1 aromatic carbocycles. The number of aryl methyl sites for hydroxylation is 1. The number of hydrogen-bond donors (Lipinski definition) is 0. The van der Waals surface area contributed by atoms with Crippen molar-refractivity contribution in [2.45, 2.75) is 26.3 Å². The lowest BCUT2D eigenvalue weighted by Gasteiger charge is -2.04. The molecule has 0 atom stereocenters. The lowest BCUT2D eigenvalue weighted by Crippen LogP contribution is -2.11. The first kappa shape index (κ1) is 13.0. The monoisotopic (exact) mass is 306 g/mol. The lowest BCUT2D eigenvalue weighted by atomic mass is 10.1. The molecule has 0 radical (unpaired) electrons. The third kappa shape index (κ3) is 3.29. The van der Waals surface area contributed by atoms with E-state index in [-0.39, 0.29) is 5.78 Å². The summed E-state index contributed by atoms with van der Waals surface area (Å²) >= 11 is 3.41. The Morgan fingerprint density at radius 1 is 1.39 bits per heavy atom. The summed E-state index contributed by atoms with van der Waals surface area (Å²) in [7, 11) is 0. The number of halogens is 1. The predicted molar refractivity (Wildman–Crippen MR) is 74.5 cm³/mol. The number of rotatable bonds is 5. The van der Waals surface area contributed by atoms with Gasteiger partial charge in [0.25, 0.3) is 0 Å². The van der Waals surface area contributed by atoms with E-state index in [1.54, 1.807) is 6.20 Å². The second-order valence-electron chi connectivity index (χ2n) is 4.15. The van der Waals surface area contributed by atoms with E-state index in [1.807, 2.05) is 42.0 Å². The number of aromatic nitrogens is 2. The summed E-state index contributed by atoms with van der Waals surface area (Å²) < 4.78 is 3.00. The number of benzene rings is 1. The summed E-state index contributed by atoms with van der Waals surface area (Å²) in [6.07, 6.45) is 4.50. The van der Waals surface area contributed by atoms with Crippen LogP contribution < -0.4 is 0 Å². The minimum absolute atomic E-state index is 0.189. The highest BCUT2D eigenvalue weighted by atomic mass is 79.9. The van der Waals surface area contributed by atoms with E-state index in [1.165, 1.54) is 0 Å². The molecule has 1 aromatic heterocycles. The third-order valence-electron chi connectivity index (χ3n) is 2.79. The van der Waals surface area contributed by atoms with Crippen LogP contribution in [0.2, 0.25) is 0 Å². The SMILES string of the molecule is CCn1ccnc1CC(=O)Cc1cccc(Br)c1. The van der Waals surface area contributed by atoms with Gasteiger partial charge in [0, 0.05) is 29.8 Å². The first-order chi connectivity index (χ1) is 8.69. The van der Waals surface area contributed by atoms with Crippen molar-refractivity contribution in [3.05, 3.63) is 52.5 Å². The van der Waals surface area contributed by atoms with E-state index in [0.717, 1.165) is 22.4 Å². The van der Waals surface area contributed by atoms with Crippen LogP contribution in [0.4, 0.5) is 0 Å². The van der Waals surface area contributed by atoms with Crippen LogP contribution in [0.25, 0.3) is 0 Å². The van der Waals surface area contributed by atoms with Crippen molar-refractivity contribution < 1.29 is 4.79 Å². The fraction of sp³-hybridized carbons (Fsp3) is 0.286. The van der Waals surface area contributed by atoms with Gasteiger partial charge in [0.05, 0.1) is 6.42 Å². The molecule has 0 N–H and O–H groups in total. The number of ketones is 1. The quantitative estimate of drug-likeness (QED) is 0.851. The van der Waals surface area contributed by atoms with E-state index < -0.39 is 0 Å². The van der Waals surface area contributed by atoms with E-state index in [0.29, 0.717) is 12.8 Å². The van der Waals surface area contributed by atoms with Crippen molar-refractivity contribution in [3.63, 3.8) is 0 Å². The lowest BCUT2D eigenvalue weighted by molar-refractivity contribution is -0.117. The van der Waals surface area contributed by atoms with Crippen LogP contribution in [0, 0.1) is 0 Å². The Bertz CT molecular complexity index is 548. The molecule has 0 unspecified atom stereocenters. The Hall–Kier alpha value is -1.42. The Morgan fingerprint density at radius 2 is 2.22 bits per heavy atom. The van der Waals surface area contributed by atoms with E-state index in [2.05, 4.69) is 20.9 Å². The molecule has 0 saturated carbocycles. The van der Waals surface area contributed by atoms with Crippen LogP contribution in [0.3, 0.4) is 0 Å².